The molecule has 3 saturated carbocycles. The summed E-state index contributed by atoms with van der Waals surface area (Å²) in [7, 11) is 0. The van der Waals surface area contributed by atoms with Crippen molar-refractivity contribution >= 4 is 5.78 Å². The predicted octanol–water partition coefficient (Wildman–Crippen LogP) is 2.41. The molecule has 0 amide bonds. The summed E-state index contributed by atoms with van der Waals surface area (Å²) in [6.07, 6.45) is 2.04. The van der Waals surface area contributed by atoms with E-state index >= 15 is 0 Å². The van der Waals surface area contributed by atoms with Crippen molar-refractivity contribution < 1.29 is 9.72 Å². The van der Waals surface area contributed by atoms with Gasteiger partial charge in [-0.2, -0.15) is 0 Å². The van der Waals surface area contributed by atoms with E-state index in [0.717, 1.165) is 18.4 Å². The monoisotopic (exact) mass is 245 g/mol. The lowest BCUT2D eigenvalue weighted by atomic mass is 9.59. The second-order valence-electron chi connectivity index (χ2n) is 5.33. The Morgan fingerprint density at radius 3 is 2.50 bits per heavy atom. The molecule has 0 aromatic heterocycles. The number of hydrogen-bond donors (Lipinski definition) is 0. The largest absolute Gasteiger partial charge is 0.299 e. The molecule has 3 aliphatic carbocycles. The third-order valence-electron chi connectivity index (χ3n) is 4.44. The summed E-state index contributed by atoms with van der Waals surface area (Å²) < 4.78 is 0. The molecule has 2 bridgehead atoms. The minimum Gasteiger partial charge on any atom is -0.299 e. The van der Waals surface area contributed by atoms with Crippen LogP contribution in [0.25, 0.3) is 0 Å². The first-order chi connectivity index (χ1) is 8.68. The molecule has 4 nitrogen and oxygen atoms in total. The maximum Gasteiger partial charge on any atom is 0.223 e. The topological polar surface area (TPSA) is 60.2 Å². The molecule has 0 spiro atoms. The van der Waals surface area contributed by atoms with Crippen molar-refractivity contribution in [2.24, 2.45) is 11.8 Å². The number of hydrogen-bond acceptors (Lipinski definition) is 3. The highest BCUT2D eigenvalue weighted by Crippen LogP contribution is 2.49. The summed E-state index contributed by atoms with van der Waals surface area (Å²) >= 11 is 0. The summed E-state index contributed by atoms with van der Waals surface area (Å²) in [6.45, 7) is 0. The number of carbonyl (C=O) groups excluding carboxylic acids is 1. The first-order valence-electron chi connectivity index (χ1n) is 6.39. The molecule has 1 aromatic rings. The van der Waals surface area contributed by atoms with Gasteiger partial charge >= 0.3 is 0 Å². The summed E-state index contributed by atoms with van der Waals surface area (Å²) in [4.78, 5) is 23.1. The van der Waals surface area contributed by atoms with E-state index in [9.17, 15) is 14.9 Å². The maximum atomic E-state index is 12.0. The fourth-order valence-corrected chi connectivity index (χ4v) is 3.68. The summed E-state index contributed by atoms with van der Waals surface area (Å²) in [5.74, 6) is -0.213. The summed E-state index contributed by atoms with van der Waals surface area (Å²) in [6, 6.07) is 8.92. The van der Waals surface area contributed by atoms with Crippen molar-refractivity contribution in [1.82, 2.24) is 0 Å². The summed E-state index contributed by atoms with van der Waals surface area (Å²) in [5, 5.41) is 11.3. The number of fused-ring (bicyclic) bond motifs is 3. The highest BCUT2D eigenvalue weighted by molar-refractivity contribution is 5.84. The highest BCUT2D eigenvalue weighted by atomic mass is 16.6. The van der Waals surface area contributed by atoms with Crippen LogP contribution in [0.15, 0.2) is 30.3 Å². The van der Waals surface area contributed by atoms with E-state index in [2.05, 4.69) is 0 Å². The van der Waals surface area contributed by atoms with Crippen molar-refractivity contribution in [2.45, 2.75) is 31.2 Å². The molecule has 18 heavy (non-hydrogen) atoms. The average Bonchev–Trinajstić information content (AvgIpc) is 2.39. The molecular formula is C14H15NO3. The molecule has 0 saturated heterocycles. The van der Waals surface area contributed by atoms with Crippen LogP contribution < -0.4 is 0 Å². The van der Waals surface area contributed by atoms with Gasteiger partial charge in [0.2, 0.25) is 6.04 Å². The van der Waals surface area contributed by atoms with E-state index in [1.165, 1.54) is 0 Å². The minimum absolute atomic E-state index is 0.0669. The second kappa shape index (κ2) is 4.19. The van der Waals surface area contributed by atoms with Crippen molar-refractivity contribution in [2.75, 3.05) is 0 Å². The lowest BCUT2D eigenvalue weighted by Crippen LogP contribution is -2.50. The van der Waals surface area contributed by atoms with E-state index in [0.29, 0.717) is 6.42 Å². The molecule has 0 radical (unpaired) electrons. The van der Waals surface area contributed by atoms with Gasteiger partial charge in [0, 0.05) is 23.2 Å². The third-order valence-corrected chi connectivity index (χ3v) is 4.44. The van der Waals surface area contributed by atoms with Gasteiger partial charge in [-0.25, -0.2) is 0 Å². The van der Waals surface area contributed by atoms with Gasteiger partial charge in [0.25, 0.3) is 0 Å². The Kier molecular flexibility index (Phi) is 2.65. The second-order valence-corrected chi connectivity index (χ2v) is 5.33. The molecule has 4 atom stereocenters. The lowest BCUT2D eigenvalue weighted by molar-refractivity contribution is -0.542. The number of rotatable bonds is 2. The van der Waals surface area contributed by atoms with E-state index in [1.807, 2.05) is 30.3 Å². The van der Waals surface area contributed by atoms with Crippen molar-refractivity contribution in [3.05, 3.63) is 46.0 Å². The molecule has 94 valence electrons. The van der Waals surface area contributed by atoms with Gasteiger partial charge in [-0.15, -0.1) is 0 Å². The zero-order valence-electron chi connectivity index (χ0n) is 9.99. The number of nitrogens with zero attached hydrogens (tertiary/aromatic N) is 1. The Hall–Kier alpha value is -1.71. The van der Waals surface area contributed by atoms with E-state index in [4.69, 9.17) is 0 Å². The standard InChI is InChI=1S/C14H15NO3/c16-12-8-10-6-7-11(12)13(14(10)15(17)18)9-4-2-1-3-5-9/h1-5,10-11,13-14H,6-8H2/t10-,11+,13-,14-/m0/s1. The number of benzene rings is 1. The Labute approximate surface area is 105 Å². The van der Waals surface area contributed by atoms with Gasteiger partial charge < -0.3 is 0 Å². The predicted molar refractivity (Wildman–Crippen MR) is 65.8 cm³/mol. The number of ketones is 1. The summed E-state index contributed by atoms with van der Waals surface area (Å²) in [5.41, 5.74) is 0.946. The van der Waals surface area contributed by atoms with Crippen LogP contribution in [0.3, 0.4) is 0 Å². The first-order valence-corrected chi connectivity index (χ1v) is 6.39. The van der Waals surface area contributed by atoms with E-state index in [-0.39, 0.29) is 28.5 Å². The molecule has 0 aliphatic heterocycles. The zero-order valence-corrected chi connectivity index (χ0v) is 9.99. The maximum absolute atomic E-state index is 12.0. The Morgan fingerprint density at radius 2 is 1.89 bits per heavy atom. The highest BCUT2D eigenvalue weighted by Gasteiger charge is 2.54. The fourth-order valence-electron chi connectivity index (χ4n) is 3.68. The van der Waals surface area contributed by atoms with Crippen LogP contribution in [0, 0.1) is 22.0 Å². The molecule has 4 heteroatoms. The molecule has 3 fully saturated rings. The molecule has 1 aromatic carbocycles. The number of Topliss-reactive ketones (excluding diaryl/α,β-unsaturated/α-hetero) is 1. The third kappa shape index (κ3) is 1.64. The van der Waals surface area contributed by atoms with Gasteiger partial charge in [-0.05, 0) is 18.4 Å². The Morgan fingerprint density at radius 1 is 1.17 bits per heavy atom. The van der Waals surface area contributed by atoms with Gasteiger partial charge in [0.05, 0.1) is 5.92 Å². The van der Waals surface area contributed by atoms with Crippen molar-refractivity contribution in [1.29, 1.82) is 0 Å². The molecule has 0 heterocycles. The van der Waals surface area contributed by atoms with Gasteiger partial charge in [0.15, 0.2) is 0 Å². The lowest BCUT2D eigenvalue weighted by Gasteiger charge is -2.42. The normalized spacial score (nSPS) is 34.6. The average molecular weight is 245 g/mol. The van der Waals surface area contributed by atoms with Crippen LogP contribution in [0.5, 0.6) is 0 Å². The number of nitro groups is 1. The van der Waals surface area contributed by atoms with E-state index in [1.54, 1.807) is 0 Å². The molecule has 0 unspecified atom stereocenters. The van der Waals surface area contributed by atoms with Crippen LogP contribution in [0.4, 0.5) is 0 Å². The fraction of sp³-hybridized carbons (Fsp3) is 0.500. The smallest absolute Gasteiger partial charge is 0.223 e. The molecule has 0 N–H and O–H groups in total. The van der Waals surface area contributed by atoms with Crippen LogP contribution in [-0.2, 0) is 4.79 Å². The molecule has 4 rings (SSSR count). The SMILES string of the molecule is O=C1C[C@@H]2CC[C@H]1[C@H](c1ccccc1)[C@H]2[N+](=O)[O-]. The van der Waals surface area contributed by atoms with Crippen LogP contribution in [-0.4, -0.2) is 16.7 Å². The van der Waals surface area contributed by atoms with Crippen LogP contribution in [0.2, 0.25) is 0 Å². The molecule has 3 aliphatic rings. The Balaban J connectivity index is 2.03. The van der Waals surface area contributed by atoms with Gasteiger partial charge in [-0.1, -0.05) is 30.3 Å². The van der Waals surface area contributed by atoms with Gasteiger partial charge in [0.1, 0.15) is 5.78 Å². The van der Waals surface area contributed by atoms with Crippen molar-refractivity contribution in [3.63, 3.8) is 0 Å². The van der Waals surface area contributed by atoms with Crippen molar-refractivity contribution in [3.8, 4) is 0 Å². The van der Waals surface area contributed by atoms with Crippen LogP contribution in [0.1, 0.15) is 30.7 Å². The number of carbonyl (C=O) groups is 1. The van der Waals surface area contributed by atoms with Gasteiger partial charge in [-0.3, -0.25) is 14.9 Å². The first kappa shape index (κ1) is 11.4. The Bertz CT molecular complexity index is 485. The van der Waals surface area contributed by atoms with Crippen LogP contribution >= 0.6 is 0 Å². The van der Waals surface area contributed by atoms with E-state index < -0.39 is 6.04 Å². The quantitative estimate of drug-likeness (QED) is 0.593. The zero-order chi connectivity index (χ0) is 12.7. The molecular weight excluding hydrogens is 230 g/mol. The minimum atomic E-state index is -0.580.